The zero-order valence-electron chi connectivity index (χ0n) is 45.4. The van der Waals surface area contributed by atoms with Gasteiger partial charge in [0.2, 0.25) is 0 Å². The summed E-state index contributed by atoms with van der Waals surface area (Å²) in [6.07, 6.45) is 3.34. The third-order valence-electron chi connectivity index (χ3n) is 16.4. The van der Waals surface area contributed by atoms with E-state index in [0.717, 1.165) is 82.8 Å². The van der Waals surface area contributed by atoms with E-state index in [1.54, 1.807) is 57.5 Å². The molecule has 87 heavy (non-hydrogen) atoms. The van der Waals surface area contributed by atoms with Gasteiger partial charge in [-0.1, -0.05) is 27.7 Å². The van der Waals surface area contributed by atoms with E-state index in [4.69, 9.17) is 20.2 Å². The molecule has 0 amide bonds. The number of nitriles is 8. The van der Waals surface area contributed by atoms with Crippen LogP contribution in [0.2, 0.25) is 0 Å². The summed E-state index contributed by atoms with van der Waals surface area (Å²) in [5.74, 6) is -0.880. The smallest absolute Gasteiger partial charge is 0.194 e. The first kappa shape index (κ1) is 54.4. The zero-order chi connectivity index (χ0) is 60.9. The van der Waals surface area contributed by atoms with E-state index in [0.29, 0.717) is 32.2 Å². The Morgan fingerprint density at radius 2 is 0.759 bits per heavy atom. The van der Waals surface area contributed by atoms with Gasteiger partial charge in [0.25, 0.3) is 0 Å². The number of nitrogens with zero attached hydrogens (tertiary/aromatic N) is 10. The number of fused-ring (bicyclic) bond motifs is 9. The van der Waals surface area contributed by atoms with E-state index in [-0.39, 0.29) is 88.8 Å². The lowest BCUT2D eigenvalue weighted by Gasteiger charge is -2.19. The molecule has 408 valence electrons. The highest BCUT2D eigenvalue weighted by atomic mass is 32.1. The summed E-state index contributed by atoms with van der Waals surface area (Å²) in [6, 6.07) is 37.7. The number of thiophene rings is 6. The van der Waals surface area contributed by atoms with Crippen molar-refractivity contribution in [1.29, 1.82) is 42.1 Å². The molecule has 4 aliphatic carbocycles. The first-order chi connectivity index (χ1) is 41.9. The number of anilines is 2. The van der Waals surface area contributed by atoms with Gasteiger partial charge in [0.1, 0.15) is 70.7 Å². The van der Waals surface area contributed by atoms with Gasteiger partial charge in [-0.2, -0.15) is 50.8 Å². The number of hydrogen-bond acceptors (Lipinski definition) is 21. The van der Waals surface area contributed by atoms with Gasteiger partial charge >= 0.3 is 0 Å². The number of carbonyl (C=O) groups excluding carboxylic acids is 2. The second-order valence-corrected chi connectivity index (χ2v) is 28.6. The zero-order valence-corrected chi connectivity index (χ0v) is 51.1. The number of ketones is 2. The van der Waals surface area contributed by atoms with Gasteiger partial charge < -0.3 is 11.5 Å². The van der Waals surface area contributed by atoms with E-state index >= 15 is 0 Å². The number of nitrogens with two attached hydrogens (primary N) is 2. The summed E-state index contributed by atoms with van der Waals surface area (Å²) in [5.41, 5.74) is 23.0. The Balaban J connectivity index is 0.769. The Morgan fingerprint density at radius 3 is 1.09 bits per heavy atom. The maximum Gasteiger partial charge on any atom is 0.194 e. The second-order valence-electron chi connectivity index (χ2n) is 21.7. The minimum absolute atomic E-state index is 0.0330. The van der Waals surface area contributed by atoms with Gasteiger partial charge in [0, 0.05) is 114 Å². The molecule has 0 spiro atoms. The molecule has 7 aromatic heterocycles. The van der Waals surface area contributed by atoms with Gasteiger partial charge in [0.05, 0.1) is 45.4 Å². The summed E-state index contributed by atoms with van der Waals surface area (Å²) in [5, 5.41) is 78.7. The van der Waals surface area contributed by atoms with Gasteiger partial charge in [-0.25, -0.2) is 0 Å². The molecule has 14 nitrogen and oxygen atoms in total. The van der Waals surface area contributed by atoms with Gasteiger partial charge in [-0.15, -0.1) is 68.0 Å². The molecule has 0 aliphatic heterocycles. The van der Waals surface area contributed by atoms with Crippen molar-refractivity contribution in [2.75, 3.05) is 11.5 Å². The monoisotopic (exact) mass is 1250 g/mol. The molecule has 0 radical (unpaired) electrons. The minimum atomic E-state index is -0.440. The van der Waals surface area contributed by atoms with Crippen LogP contribution in [0.25, 0.3) is 94.2 Å². The number of carbonyl (C=O) groups is 2. The Morgan fingerprint density at radius 1 is 0.437 bits per heavy atom. The van der Waals surface area contributed by atoms with Crippen molar-refractivity contribution in [3.05, 3.63) is 172 Å². The molecular formula is C66H30N12O2S7. The molecule has 0 saturated carbocycles. The number of allylic oxidation sites excluding steroid dienone is 6. The average molecular weight is 1250 g/mol. The summed E-state index contributed by atoms with van der Waals surface area (Å²) in [7, 11) is 0. The van der Waals surface area contributed by atoms with Crippen LogP contribution in [-0.2, 0) is 10.8 Å². The average Bonchev–Trinajstić information content (AvgIpc) is 1.62. The number of benzene rings is 3. The Bertz CT molecular complexity index is 5110. The molecule has 7 heterocycles. The highest BCUT2D eigenvalue weighted by Crippen LogP contribution is 2.62. The van der Waals surface area contributed by atoms with Crippen molar-refractivity contribution in [1.82, 2.24) is 8.75 Å². The van der Waals surface area contributed by atoms with E-state index < -0.39 is 11.6 Å². The van der Waals surface area contributed by atoms with E-state index in [9.17, 15) is 51.7 Å². The van der Waals surface area contributed by atoms with Crippen LogP contribution in [-0.4, -0.2) is 20.3 Å². The van der Waals surface area contributed by atoms with Crippen molar-refractivity contribution < 1.29 is 9.59 Å². The van der Waals surface area contributed by atoms with Crippen LogP contribution < -0.4 is 11.5 Å². The van der Waals surface area contributed by atoms with Crippen molar-refractivity contribution in [3.63, 3.8) is 0 Å². The number of nitrogen functional groups attached to an aromatic ring is 2. The lowest BCUT2D eigenvalue weighted by atomic mass is 9.83. The van der Waals surface area contributed by atoms with Crippen molar-refractivity contribution in [2.24, 2.45) is 0 Å². The predicted molar refractivity (Wildman–Crippen MR) is 343 cm³/mol. The maximum atomic E-state index is 13.9. The molecular weight excluding hydrogens is 1220 g/mol. The fraction of sp³-hybridized carbons (Fsp3) is 0.0909. The van der Waals surface area contributed by atoms with Crippen LogP contribution in [0.1, 0.15) is 114 Å². The highest BCUT2D eigenvalue weighted by Gasteiger charge is 2.43. The topological polar surface area (TPSA) is 302 Å². The normalized spacial score (nSPS) is 15.1. The Kier molecular flexibility index (Phi) is 12.2. The number of rotatable bonds is 6. The molecule has 0 saturated heterocycles. The molecule has 4 aliphatic rings. The lowest BCUT2D eigenvalue weighted by Crippen LogP contribution is -2.13. The van der Waals surface area contributed by atoms with Crippen LogP contribution in [0.4, 0.5) is 11.4 Å². The fourth-order valence-electron chi connectivity index (χ4n) is 12.1. The Hall–Kier alpha value is -10.5. The Labute approximate surface area is 523 Å². The van der Waals surface area contributed by atoms with Gasteiger partial charge in [-0.3, -0.25) is 9.59 Å². The van der Waals surface area contributed by atoms with Crippen LogP contribution in [0.15, 0.2) is 95.1 Å². The van der Waals surface area contributed by atoms with E-state index in [1.807, 2.05) is 72.8 Å². The SMILES string of the molecule is CC1(C)c2cc(-c3ccc(/C=C4\C(=O)c5cc(C#N)c(C#N)cc5C4=C(C#N)C#N)s3)sc2-c2sc(-c3c(N)c(N)c(-c4cc5c(s4)-c4sc(-c6ccc(/C=C7\C(=O)c8cc(C#N)c(C#N)cc8C7=C(C#N)C#N)s6)cc4C5(C)C)c4nsnc34)cc21. The van der Waals surface area contributed by atoms with Crippen molar-refractivity contribution in [3.8, 4) is 108 Å². The van der Waals surface area contributed by atoms with Crippen LogP contribution in [0.3, 0.4) is 0 Å². The van der Waals surface area contributed by atoms with Gasteiger partial charge in [-0.05, 0) is 118 Å². The molecule has 0 atom stereocenters. The highest BCUT2D eigenvalue weighted by molar-refractivity contribution is 7.29. The molecule has 3 aromatic carbocycles. The summed E-state index contributed by atoms with van der Waals surface area (Å²) < 4.78 is 9.77. The minimum Gasteiger partial charge on any atom is -0.396 e. The largest absolute Gasteiger partial charge is 0.396 e. The summed E-state index contributed by atoms with van der Waals surface area (Å²) >= 11 is 10.7. The summed E-state index contributed by atoms with van der Waals surface area (Å²) in [6.45, 7) is 8.83. The number of Topliss-reactive ketones (excluding diaryl/α,β-unsaturated/α-hetero) is 2. The first-order valence-corrected chi connectivity index (χ1v) is 31.8. The third kappa shape index (κ3) is 7.74. The van der Waals surface area contributed by atoms with Crippen LogP contribution in [0, 0.1) is 90.6 Å². The standard InChI is InChI=1S/C66H30N12O2S7/c1-65(2)41-15-47(45-7-5-33(81-45)13-39-51(31(23-71)24-72)35-9-27(19-67)29(21-69)11-37(35)59(39)79)83-61(41)63-43(65)17-49(85-63)53-55(75)56(76)54(58-57(53)77-87-78-58)50-18-44-64(86-50)62-42(66(44,3)4)16-48(84-62)46-8-6-34(82-46)14-40-52(32(25-73)26-74)36-10-28(20-68)30(22-70)12-38(36)60(40)80/h5-18H,75-76H2,1-4H3/b39-13-,40-14-. The number of aromatic nitrogens is 2. The molecule has 21 heteroatoms. The van der Waals surface area contributed by atoms with E-state index in [2.05, 4.69) is 52.0 Å². The predicted octanol–water partition coefficient (Wildman–Crippen LogP) is 16.2. The van der Waals surface area contributed by atoms with Crippen molar-refractivity contribution >= 4 is 137 Å². The molecule has 10 aromatic rings. The second kappa shape index (κ2) is 19.5. The fourth-order valence-corrected chi connectivity index (χ4v) is 20.4. The maximum absolute atomic E-state index is 13.9. The molecule has 0 fully saturated rings. The lowest BCUT2D eigenvalue weighted by molar-refractivity contribution is 0.103. The van der Waals surface area contributed by atoms with Gasteiger partial charge in [0.15, 0.2) is 11.6 Å². The van der Waals surface area contributed by atoms with Crippen LogP contribution in [0.5, 0.6) is 0 Å². The molecule has 0 unspecified atom stereocenters. The number of hydrogen-bond donors (Lipinski definition) is 2. The van der Waals surface area contributed by atoms with E-state index in [1.165, 1.54) is 58.1 Å². The third-order valence-corrected chi connectivity index (χ3v) is 24.3. The molecule has 0 bridgehead atoms. The van der Waals surface area contributed by atoms with Crippen LogP contribution >= 0.6 is 79.7 Å². The first-order valence-electron chi connectivity index (χ1n) is 26.1. The summed E-state index contributed by atoms with van der Waals surface area (Å²) in [4.78, 5) is 39.6. The quantitative estimate of drug-likeness (QED) is 0.0889. The molecule has 14 rings (SSSR count). The molecule has 4 N–H and O–H groups in total. The van der Waals surface area contributed by atoms with Crippen molar-refractivity contribution in [2.45, 2.75) is 38.5 Å².